The number of nitrogens with zero attached hydrogens (tertiary/aromatic N) is 2. The fraction of sp³-hybridized carbons (Fsp3) is 0.0625. The minimum Gasteiger partial charge on any atom is -0.310 e. The van der Waals surface area contributed by atoms with Crippen LogP contribution in [0.5, 0.6) is 0 Å². The van der Waals surface area contributed by atoms with E-state index in [-0.39, 0.29) is 5.41 Å². The normalized spacial score (nSPS) is 14.1. The first-order valence-electron chi connectivity index (χ1n) is 23.1. The molecule has 312 valence electrons. The molecule has 66 heavy (non-hydrogen) atoms. The van der Waals surface area contributed by atoms with Gasteiger partial charge in [-0.3, -0.25) is 0 Å². The Bertz CT molecular complexity index is 3480. The molecule has 0 atom stereocenters. The first kappa shape index (κ1) is 38.3. The summed E-state index contributed by atoms with van der Waals surface area (Å²) in [5.41, 5.74) is 23.9. The highest BCUT2D eigenvalue weighted by molar-refractivity contribution is 6.02. The predicted molar refractivity (Wildman–Crippen MR) is 275 cm³/mol. The van der Waals surface area contributed by atoms with Crippen molar-refractivity contribution in [3.63, 3.8) is 0 Å². The lowest BCUT2D eigenvalue weighted by molar-refractivity contribution is 0.660. The van der Waals surface area contributed by atoms with E-state index in [0.717, 1.165) is 17.1 Å². The van der Waals surface area contributed by atoms with Crippen LogP contribution in [0.15, 0.2) is 243 Å². The van der Waals surface area contributed by atoms with E-state index in [0.29, 0.717) is 0 Å². The first-order valence-corrected chi connectivity index (χ1v) is 23.1. The van der Waals surface area contributed by atoms with Crippen molar-refractivity contribution in [2.24, 2.45) is 0 Å². The SMILES string of the molecule is CC1(C)c2ccccc2-c2c(N(c3ccc4c(c3)C3(c5ccccc5-4)c4ccccc4N(c4ccccc4)c4ccccc43)c3ccccc3-c3ccccc3-c3ccccc3)cccc21. The van der Waals surface area contributed by atoms with Crippen LogP contribution in [0.3, 0.4) is 0 Å². The lowest BCUT2D eigenvalue weighted by Crippen LogP contribution is -2.36. The molecule has 1 spiro atoms. The molecule has 10 aromatic carbocycles. The molecule has 2 heteroatoms. The van der Waals surface area contributed by atoms with E-state index in [4.69, 9.17) is 0 Å². The zero-order valence-electron chi connectivity index (χ0n) is 37.0. The van der Waals surface area contributed by atoms with Crippen molar-refractivity contribution in [2.75, 3.05) is 9.80 Å². The van der Waals surface area contributed by atoms with E-state index in [9.17, 15) is 0 Å². The van der Waals surface area contributed by atoms with Crippen LogP contribution < -0.4 is 9.80 Å². The van der Waals surface area contributed by atoms with Gasteiger partial charge in [0.2, 0.25) is 0 Å². The molecule has 0 radical (unpaired) electrons. The Balaban J connectivity index is 1.12. The summed E-state index contributed by atoms with van der Waals surface area (Å²) in [6.07, 6.45) is 0. The van der Waals surface area contributed by atoms with E-state index in [1.807, 2.05) is 0 Å². The van der Waals surface area contributed by atoms with Gasteiger partial charge >= 0.3 is 0 Å². The smallest absolute Gasteiger partial charge is 0.0755 e. The maximum atomic E-state index is 2.57. The summed E-state index contributed by atoms with van der Waals surface area (Å²) in [5.74, 6) is 0. The summed E-state index contributed by atoms with van der Waals surface area (Å²) in [5, 5.41) is 0. The quantitative estimate of drug-likeness (QED) is 0.165. The fourth-order valence-electron chi connectivity index (χ4n) is 11.9. The molecule has 0 unspecified atom stereocenters. The van der Waals surface area contributed by atoms with Gasteiger partial charge in [-0.15, -0.1) is 0 Å². The van der Waals surface area contributed by atoms with Crippen LogP contribution in [0, 0.1) is 0 Å². The minimum absolute atomic E-state index is 0.170. The molecule has 0 N–H and O–H groups in total. The molecule has 3 aliphatic rings. The van der Waals surface area contributed by atoms with Crippen LogP contribution in [0.4, 0.5) is 34.1 Å². The van der Waals surface area contributed by atoms with Gasteiger partial charge in [0.25, 0.3) is 0 Å². The van der Waals surface area contributed by atoms with E-state index in [1.54, 1.807) is 0 Å². The molecule has 0 bridgehead atoms. The van der Waals surface area contributed by atoms with Crippen LogP contribution in [0.25, 0.3) is 44.5 Å². The average molecular weight is 843 g/mol. The molecule has 10 aromatic rings. The second-order valence-corrected chi connectivity index (χ2v) is 18.4. The Labute approximate surface area is 387 Å². The van der Waals surface area contributed by atoms with Crippen LogP contribution in [0.1, 0.15) is 47.2 Å². The summed E-state index contributed by atoms with van der Waals surface area (Å²) in [7, 11) is 0. The van der Waals surface area contributed by atoms with Gasteiger partial charge in [-0.2, -0.15) is 0 Å². The van der Waals surface area contributed by atoms with Gasteiger partial charge < -0.3 is 9.80 Å². The molecule has 13 rings (SSSR count). The van der Waals surface area contributed by atoms with Crippen molar-refractivity contribution in [1.82, 2.24) is 0 Å². The molecule has 1 heterocycles. The van der Waals surface area contributed by atoms with Crippen molar-refractivity contribution < 1.29 is 0 Å². The summed E-state index contributed by atoms with van der Waals surface area (Å²) < 4.78 is 0. The maximum Gasteiger partial charge on any atom is 0.0755 e. The highest BCUT2D eigenvalue weighted by atomic mass is 15.2. The molecule has 0 fully saturated rings. The van der Waals surface area contributed by atoms with Crippen LogP contribution >= 0.6 is 0 Å². The number of para-hydroxylation sites is 4. The zero-order valence-corrected chi connectivity index (χ0v) is 37.0. The second-order valence-electron chi connectivity index (χ2n) is 18.4. The predicted octanol–water partition coefficient (Wildman–Crippen LogP) is 16.9. The maximum absolute atomic E-state index is 2.57. The van der Waals surface area contributed by atoms with Crippen molar-refractivity contribution in [2.45, 2.75) is 24.7 Å². The molecule has 0 saturated carbocycles. The summed E-state index contributed by atoms with van der Waals surface area (Å²) in [6.45, 7) is 4.76. The Morgan fingerprint density at radius 3 is 1.55 bits per heavy atom. The highest BCUT2D eigenvalue weighted by Gasteiger charge is 2.52. The number of benzene rings is 10. The van der Waals surface area contributed by atoms with Gasteiger partial charge in [-0.05, 0) is 115 Å². The Hall–Kier alpha value is -8.20. The molecular formula is C64H46N2. The fourth-order valence-corrected chi connectivity index (χ4v) is 11.9. The summed E-state index contributed by atoms with van der Waals surface area (Å²) in [4.78, 5) is 5.03. The van der Waals surface area contributed by atoms with Crippen molar-refractivity contribution in [3.8, 4) is 44.5 Å². The molecule has 0 amide bonds. The number of fused-ring (bicyclic) bond motifs is 12. The number of anilines is 6. The summed E-state index contributed by atoms with van der Waals surface area (Å²) >= 11 is 0. The average Bonchev–Trinajstić information content (AvgIpc) is 3.80. The lowest BCUT2D eigenvalue weighted by atomic mass is 9.64. The van der Waals surface area contributed by atoms with Crippen LogP contribution in [-0.4, -0.2) is 0 Å². The Morgan fingerprint density at radius 2 is 0.833 bits per heavy atom. The highest BCUT2D eigenvalue weighted by Crippen LogP contribution is 2.64. The van der Waals surface area contributed by atoms with Gasteiger partial charge in [0.05, 0.1) is 28.2 Å². The summed E-state index contributed by atoms with van der Waals surface area (Å²) in [6, 6.07) is 90.2. The van der Waals surface area contributed by atoms with Crippen molar-refractivity contribution in [1.29, 1.82) is 0 Å². The molecule has 2 aliphatic carbocycles. The number of hydrogen-bond acceptors (Lipinski definition) is 2. The Kier molecular flexibility index (Phi) is 8.51. The first-order chi connectivity index (χ1) is 32.5. The third-order valence-electron chi connectivity index (χ3n) is 14.7. The van der Waals surface area contributed by atoms with Gasteiger partial charge in [0, 0.05) is 27.9 Å². The Morgan fingerprint density at radius 1 is 0.333 bits per heavy atom. The van der Waals surface area contributed by atoms with Gasteiger partial charge in [-0.1, -0.05) is 208 Å². The van der Waals surface area contributed by atoms with Gasteiger partial charge in [0.15, 0.2) is 0 Å². The van der Waals surface area contributed by atoms with Crippen molar-refractivity contribution >= 4 is 34.1 Å². The third kappa shape index (κ3) is 5.36. The van der Waals surface area contributed by atoms with Crippen LogP contribution in [-0.2, 0) is 10.8 Å². The monoisotopic (exact) mass is 842 g/mol. The standard InChI is InChI=1S/C64H46N2/c1-63(2)52-31-14-12-30-51(52)62-56(63)35-21-39-61(62)66(58-36-18-13-29-50(58)47-27-10-9-26-46(47)43-22-5-3-6-23-43)45-40-41-49-48-28-11-15-32-53(48)64(57(49)42-45)54-33-16-19-37-59(54)65(44-24-7-4-8-25-44)60-38-20-17-34-55(60)64/h3-42H,1-2H3. The molecule has 0 aromatic heterocycles. The number of hydrogen-bond donors (Lipinski definition) is 0. The molecular weight excluding hydrogens is 797 g/mol. The third-order valence-corrected chi connectivity index (χ3v) is 14.7. The molecule has 1 aliphatic heterocycles. The molecule has 2 nitrogen and oxygen atoms in total. The van der Waals surface area contributed by atoms with E-state index in [1.165, 1.54) is 95.0 Å². The van der Waals surface area contributed by atoms with Crippen molar-refractivity contribution in [3.05, 3.63) is 276 Å². The van der Waals surface area contributed by atoms with E-state index >= 15 is 0 Å². The van der Waals surface area contributed by atoms with Crippen LogP contribution in [0.2, 0.25) is 0 Å². The molecule has 0 saturated heterocycles. The van der Waals surface area contributed by atoms with E-state index < -0.39 is 5.41 Å². The van der Waals surface area contributed by atoms with Gasteiger partial charge in [-0.25, -0.2) is 0 Å². The number of rotatable bonds is 6. The van der Waals surface area contributed by atoms with E-state index in [2.05, 4.69) is 266 Å². The lowest BCUT2D eigenvalue weighted by Gasteiger charge is -2.45. The zero-order chi connectivity index (χ0) is 44.0. The minimum atomic E-state index is -0.598. The second kappa shape index (κ2) is 14.7. The largest absolute Gasteiger partial charge is 0.310 e. The topological polar surface area (TPSA) is 6.48 Å². The van der Waals surface area contributed by atoms with Gasteiger partial charge in [0.1, 0.15) is 0 Å².